The molecule has 0 amide bonds. The van der Waals surface area contributed by atoms with E-state index in [0.29, 0.717) is 5.15 Å². The number of fused-ring (bicyclic) bond motifs is 1. The van der Waals surface area contributed by atoms with Crippen LogP contribution in [0.5, 0.6) is 0 Å². The summed E-state index contributed by atoms with van der Waals surface area (Å²) in [7, 11) is 0. The van der Waals surface area contributed by atoms with Gasteiger partial charge in [0.15, 0.2) is 0 Å². The third-order valence-corrected chi connectivity index (χ3v) is 2.10. The van der Waals surface area contributed by atoms with Gasteiger partial charge < -0.3 is 0 Å². The molecule has 0 fully saturated rings. The molecule has 2 rings (SSSR count). The van der Waals surface area contributed by atoms with Gasteiger partial charge >= 0.3 is 0 Å². The molecule has 0 radical (unpaired) electrons. The Kier molecular flexibility index (Phi) is 1.46. The molecule has 1 heterocycles. The van der Waals surface area contributed by atoms with Crippen molar-refractivity contribution in [2.75, 3.05) is 0 Å². The van der Waals surface area contributed by atoms with Crippen LogP contribution < -0.4 is 0 Å². The van der Waals surface area contributed by atoms with Crippen molar-refractivity contribution in [3.8, 4) is 0 Å². The summed E-state index contributed by atoms with van der Waals surface area (Å²) in [6.45, 7) is 2.06. The average Bonchev–Trinajstić information content (AvgIpc) is 2.34. The molecule has 0 saturated carbocycles. The Morgan fingerprint density at radius 2 is 2.36 bits per heavy atom. The third kappa shape index (κ3) is 1.05. The Hall–Kier alpha value is -0.820. The molecular weight excluding hydrogens is 158 g/mol. The van der Waals surface area contributed by atoms with E-state index in [2.05, 4.69) is 24.1 Å². The molecule has 1 aromatic rings. The Morgan fingerprint density at radius 1 is 1.55 bits per heavy atom. The quantitative estimate of drug-likeness (QED) is 0.539. The monoisotopic (exact) mass is 165 g/mol. The van der Waals surface area contributed by atoms with E-state index in [4.69, 9.17) is 11.6 Å². The molecule has 0 bridgehead atoms. The maximum absolute atomic E-state index is 5.79. The second-order valence-electron chi connectivity index (χ2n) is 2.73. The maximum Gasteiger partial charge on any atom is 0.129 e. The van der Waals surface area contributed by atoms with Crippen molar-refractivity contribution >= 4 is 17.7 Å². The van der Waals surface area contributed by atoms with E-state index >= 15 is 0 Å². The minimum Gasteiger partial charge on any atom is -0.240 e. The standard InChI is InChI=1S/C9H8ClN/c1-6-5-9(10)11-8-4-2-3-7(6)8/h2-3,5H,4H2,1H3. The molecule has 1 nitrogen and oxygen atoms in total. The highest BCUT2D eigenvalue weighted by Gasteiger charge is 2.09. The molecule has 0 N–H and O–H groups in total. The predicted octanol–water partition coefficient (Wildman–Crippen LogP) is 2.61. The van der Waals surface area contributed by atoms with Crippen molar-refractivity contribution in [2.24, 2.45) is 0 Å². The first-order valence-corrected chi connectivity index (χ1v) is 3.98. The molecule has 2 heteroatoms. The Bertz CT molecular complexity index is 329. The second kappa shape index (κ2) is 2.35. The molecule has 1 aliphatic carbocycles. The number of halogens is 1. The van der Waals surface area contributed by atoms with Crippen molar-refractivity contribution in [3.63, 3.8) is 0 Å². The highest BCUT2D eigenvalue weighted by Crippen LogP contribution is 2.23. The van der Waals surface area contributed by atoms with Crippen molar-refractivity contribution < 1.29 is 0 Å². The van der Waals surface area contributed by atoms with Crippen LogP contribution in [0, 0.1) is 6.92 Å². The van der Waals surface area contributed by atoms with E-state index in [1.165, 1.54) is 11.1 Å². The van der Waals surface area contributed by atoms with Crippen molar-refractivity contribution in [3.05, 3.63) is 34.1 Å². The van der Waals surface area contributed by atoms with Gasteiger partial charge in [0, 0.05) is 6.42 Å². The molecule has 0 aromatic carbocycles. The van der Waals surface area contributed by atoms with Crippen molar-refractivity contribution in [1.82, 2.24) is 4.98 Å². The highest BCUT2D eigenvalue weighted by molar-refractivity contribution is 6.29. The molecule has 0 atom stereocenters. The largest absolute Gasteiger partial charge is 0.240 e. The minimum atomic E-state index is 0.602. The van der Waals surface area contributed by atoms with E-state index in [1.54, 1.807) is 0 Å². The van der Waals surface area contributed by atoms with Gasteiger partial charge in [0.25, 0.3) is 0 Å². The topological polar surface area (TPSA) is 12.9 Å². The summed E-state index contributed by atoms with van der Waals surface area (Å²) < 4.78 is 0. The Labute approximate surface area is 70.7 Å². The van der Waals surface area contributed by atoms with Gasteiger partial charge in [-0.1, -0.05) is 23.8 Å². The number of rotatable bonds is 0. The summed E-state index contributed by atoms with van der Waals surface area (Å²) in [5.41, 5.74) is 3.57. The molecule has 0 aliphatic heterocycles. The molecule has 1 aromatic heterocycles. The van der Waals surface area contributed by atoms with E-state index in [-0.39, 0.29) is 0 Å². The summed E-state index contributed by atoms with van der Waals surface area (Å²) in [5.74, 6) is 0. The van der Waals surface area contributed by atoms with Crippen LogP contribution in [0.15, 0.2) is 12.1 Å². The highest BCUT2D eigenvalue weighted by atomic mass is 35.5. The molecule has 0 unspecified atom stereocenters. The van der Waals surface area contributed by atoms with E-state index in [1.807, 2.05) is 6.07 Å². The van der Waals surface area contributed by atoms with Gasteiger partial charge in [0.05, 0.1) is 5.69 Å². The van der Waals surface area contributed by atoms with Gasteiger partial charge in [-0.25, -0.2) is 4.98 Å². The number of hydrogen-bond acceptors (Lipinski definition) is 1. The number of allylic oxidation sites excluding steroid dienone is 1. The second-order valence-corrected chi connectivity index (χ2v) is 3.12. The van der Waals surface area contributed by atoms with Crippen LogP contribution in [-0.2, 0) is 6.42 Å². The number of aryl methyl sites for hydroxylation is 1. The fraction of sp³-hybridized carbons (Fsp3) is 0.222. The van der Waals surface area contributed by atoms with Gasteiger partial charge in [-0.15, -0.1) is 0 Å². The number of nitrogens with zero attached hydrogens (tertiary/aromatic N) is 1. The van der Waals surface area contributed by atoms with Crippen LogP contribution >= 0.6 is 11.6 Å². The smallest absolute Gasteiger partial charge is 0.129 e. The summed E-state index contributed by atoms with van der Waals surface area (Å²) >= 11 is 5.79. The van der Waals surface area contributed by atoms with Crippen LogP contribution in [0.1, 0.15) is 16.8 Å². The molecule has 56 valence electrons. The fourth-order valence-corrected chi connectivity index (χ4v) is 1.64. The fourth-order valence-electron chi connectivity index (χ4n) is 1.38. The zero-order valence-electron chi connectivity index (χ0n) is 6.26. The lowest BCUT2D eigenvalue weighted by Crippen LogP contribution is -1.91. The third-order valence-electron chi connectivity index (χ3n) is 1.91. The molecule has 0 saturated heterocycles. The lowest BCUT2D eigenvalue weighted by Gasteiger charge is -2.01. The van der Waals surface area contributed by atoms with E-state index in [9.17, 15) is 0 Å². The average molecular weight is 166 g/mol. The van der Waals surface area contributed by atoms with E-state index in [0.717, 1.165) is 12.1 Å². The van der Waals surface area contributed by atoms with Crippen LogP contribution in [0.25, 0.3) is 6.08 Å². The van der Waals surface area contributed by atoms with Gasteiger partial charge in [-0.05, 0) is 24.1 Å². The SMILES string of the molecule is Cc1cc(Cl)nc2c1C=CC2. The molecular formula is C9H8ClN. The zero-order chi connectivity index (χ0) is 7.84. The summed E-state index contributed by atoms with van der Waals surface area (Å²) in [4.78, 5) is 4.22. The lowest BCUT2D eigenvalue weighted by atomic mass is 10.1. The van der Waals surface area contributed by atoms with E-state index < -0.39 is 0 Å². The first-order chi connectivity index (χ1) is 5.27. The normalized spacial score (nSPS) is 13.6. The van der Waals surface area contributed by atoms with Crippen molar-refractivity contribution in [1.29, 1.82) is 0 Å². The van der Waals surface area contributed by atoms with Gasteiger partial charge in [-0.2, -0.15) is 0 Å². The van der Waals surface area contributed by atoms with Crippen LogP contribution in [0.4, 0.5) is 0 Å². The first kappa shape index (κ1) is 6.86. The zero-order valence-corrected chi connectivity index (χ0v) is 7.02. The van der Waals surface area contributed by atoms with Crippen LogP contribution in [0.2, 0.25) is 5.15 Å². The lowest BCUT2D eigenvalue weighted by molar-refractivity contribution is 1.11. The van der Waals surface area contributed by atoms with Crippen LogP contribution in [0.3, 0.4) is 0 Å². The van der Waals surface area contributed by atoms with Gasteiger partial charge in [0.1, 0.15) is 5.15 Å². The molecule has 0 spiro atoms. The Morgan fingerprint density at radius 3 is 3.18 bits per heavy atom. The molecule has 11 heavy (non-hydrogen) atoms. The van der Waals surface area contributed by atoms with Gasteiger partial charge in [-0.3, -0.25) is 0 Å². The number of pyridine rings is 1. The van der Waals surface area contributed by atoms with Crippen molar-refractivity contribution in [2.45, 2.75) is 13.3 Å². The summed E-state index contributed by atoms with van der Waals surface area (Å²) in [6, 6.07) is 1.90. The minimum absolute atomic E-state index is 0.602. The summed E-state index contributed by atoms with van der Waals surface area (Å²) in [5, 5.41) is 0.602. The summed E-state index contributed by atoms with van der Waals surface area (Å²) in [6.07, 6.45) is 5.14. The molecule has 1 aliphatic rings. The van der Waals surface area contributed by atoms with Crippen LogP contribution in [-0.4, -0.2) is 4.98 Å². The number of aromatic nitrogens is 1. The maximum atomic E-state index is 5.79. The first-order valence-electron chi connectivity index (χ1n) is 3.60. The predicted molar refractivity (Wildman–Crippen MR) is 46.7 cm³/mol. The van der Waals surface area contributed by atoms with Gasteiger partial charge in [0.2, 0.25) is 0 Å². The number of hydrogen-bond donors (Lipinski definition) is 0. The Balaban J connectivity index is 2.67.